The number of nitrogens with zero attached hydrogens (tertiary/aromatic N) is 1. The predicted molar refractivity (Wildman–Crippen MR) is 108 cm³/mol. The van der Waals surface area contributed by atoms with Crippen LogP contribution in [0.4, 0.5) is 5.69 Å². The average Bonchev–Trinajstić information content (AvgIpc) is 2.66. The fraction of sp³-hybridized carbons (Fsp3) is 0.278. The van der Waals surface area contributed by atoms with Crippen molar-refractivity contribution in [1.82, 2.24) is 4.47 Å². The van der Waals surface area contributed by atoms with Crippen molar-refractivity contribution >= 4 is 31.5 Å². The molecule has 0 unspecified atom stereocenters. The first-order valence-electron chi connectivity index (χ1n) is 8.38. The zero-order valence-corrected chi connectivity index (χ0v) is 17.8. The van der Waals surface area contributed by atoms with Crippen LogP contribution in [-0.4, -0.2) is 60.0 Å². The van der Waals surface area contributed by atoms with Crippen LogP contribution in [0.5, 0.6) is 5.75 Å². The molecule has 0 saturated heterocycles. The molecule has 0 aliphatic heterocycles. The monoisotopic (exact) mass is 442 g/mol. The zero-order chi connectivity index (χ0) is 21.7. The largest absolute Gasteiger partial charge is 0.492 e. The first kappa shape index (κ1) is 22.8. The van der Waals surface area contributed by atoms with Crippen LogP contribution in [0.2, 0.25) is 0 Å². The molecule has 2 aromatic rings. The van der Waals surface area contributed by atoms with Gasteiger partial charge in [0.25, 0.3) is 15.9 Å². The van der Waals surface area contributed by atoms with Gasteiger partial charge in [-0.1, -0.05) is 16.6 Å². The molecule has 0 aliphatic rings. The van der Waals surface area contributed by atoms with Crippen molar-refractivity contribution in [2.24, 2.45) is 0 Å². The van der Waals surface area contributed by atoms with E-state index in [1.807, 2.05) is 0 Å². The van der Waals surface area contributed by atoms with Crippen molar-refractivity contribution in [3.05, 3.63) is 54.1 Å². The van der Waals surface area contributed by atoms with E-state index in [0.717, 1.165) is 6.26 Å². The Morgan fingerprint density at radius 3 is 2.41 bits per heavy atom. The van der Waals surface area contributed by atoms with Gasteiger partial charge in [-0.25, -0.2) is 16.8 Å². The Bertz CT molecular complexity index is 1080. The number of rotatable bonds is 9. The second-order valence-electron chi connectivity index (χ2n) is 6.09. The summed E-state index contributed by atoms with van der Waals surface area (Å²) in [7, 11) is -4.56. The standard InChI is InChI=1S/C18H22N2O7S2/c1-20(26-2)29(24,25)17-9-4-6-14(12-17)18(21)19-15-7-5-8-16(13-15)27-10-11-28(3,22)23/h4-9,12-13H,10-11H2,1-3H3,(H,19,21). The number of carbonyl (C=O) groups is 1. The van der Waals surface area contributed by atoms with Gasteiger partial charge in [0, 0.05) is 30.6 Å². The molecule has 11 heteroatoms. The number of benzene rings is 2. The minimum absolute atomic E-state index is 0.0108. The number of sulfonamides is 1. The van der Waals surface area contributed by atoms with E-state index in [0.29, 0.717) is 15.9 Å². The molecule has 0 fully saturated rings. The number of nitrogens with one attached hydrogen (secondary N) is 1. The van der Waals surface area contributed by atoms with E-state index < -0.39 is 25.8 Å². The molecule has 9 nitrogen and oxygen atoms in total. The molecule has 1 amide bonds. The Morgan fingerprint density at radius 1 is 1.07 bits per heavy atom. The first-order valence-corrected chi connectivity index (χ1v) is 11.9. The van der Waals surface area contributed by atoms with Crippen LogP contribution in [0, 0.1) is 0 Å². The van der Waals surface area contributed by atoms with Crippen LogP contribution in [0.3, 0.4) is 0 Å². The highest BCUT2D eigenvalue weighted by Gasteiger charge is 2.22. The number of sulfone groups is 1. The van der Waals surface area contributed by atoms with Crippen molar-refractivity contribution in [3.63, 3.8) is 0 Å². The maximum atomic E-state index is 12.5. The molecular formula is C18H22N2O7S2. The molecule has 29 heavy (non-hydrogen) atoms. The SMILES string of the molecule is CON(C)S(=O)(=O)c1cccc(C(=O)Nc2cccc(OCCS(C)(=O)=O)c2)c1. The van der Waals surface area contributed by atoms with E-state index in [-0.39, 0.29) is 22.8 Å². The molecule has 2 aromatic carbocycles. The normalized spacial score (nSPS) is 12.0. The fourth-order valence-electron chi connectivity index (χ4n) is 2.22. The summed E-state index contributed by atoms with van der Waals surface area (Å²) in [6.07, 6.45) is 1.12. The van der Waals surface area contributed by atoms with Gasteiger partial charge in [0.2, 0.25) is 0 Å². The third kappa shape index (κ3) is 6.53. The summed E-state index contributed by atoms with van der Waals surface area (Å²) in [5.41, 5.74) is 0.549. The summed E-state index contributed by atoms with van der Waals surface area (Å²) in [5, 5.41) is 2.65. The van der Waals surface area contributed by atoms with E-state index in [2.05, 4.69) is 5.32 Å². The Labute approximate surface area is 170 Å². The van der Waals surface area contributed by atoms with E-state index in [1.54, 1.807) is 24.3 Å². The molecule has 0 bridgehead atoms. The van der Waals surface area contributed by atoms with Crippen LogP contribution in [0.25, 0.3) is 0 Å². The molecule has 158 valence electrons. The highest BCUT2D eigenvalue weighted by Crippen LogP contribution is 2.20. The second-order valence-corrected chi connectivity index (χ2v) is 10.3. The fourth-order valence-corrected chi connectivity index (χ4v) is 3.63. The van der Waals surface area contributed by atoms with Crippen molar-refractivity contribution in [2.75, 3.05) is 38.1 Å². The number of amides is 1. The van der Waals surface area contributed by atoms with Gasteiger partial charge in [-0.2, -0.15) is 0 Å². The summed E-state index contributed by atoms with van der Waals surface area (Å²) in [6, 6.07) is 12.0. The highest BCUT2D eigenvalue weighted by atomic mass is 32.2. The van der Waals surface area contributed by atoms with Gasteiger partial charge in [-0.05, 0) is 30.3 Å². The maximum Gasteiger partial charge on any atom is 0.264 e. The van der Waals surface area contributed by atoms with Gasteiger partial charge >= 0.3 is 0 Å². The van der Waals surface area contributed by atoms with Crippen LogP contribution in [0.15, 0.2) is 53.4 Å². The Balaban J connectivity index is 2.13. The molecule has 0 spiro atoms. The zero-order valence-electron chi connectivity index (χ0n) is 16.2. The van der Waals surface area contributed by atoms with Gasteiger partial charge in [0.05, 0.1) is 17.8 Å². The Kier molecular flexibility index (Phi) is 7.36. The summed E-state index contributed by atoms with van der Waals surface area (Å²) in [6.45, 7) is -0.0108. The lowest BCUT2D eigenvalue weighted by molar-refractivity contribution is -0.0258. The molecule has 0 saturated carbocycles. The van der Waals surface area contributed by atoms with Crippen molar-refractivity contribution in [2.45, 2.75) is 4.90 Å². The maximum absolute atomic E-state index is 12.5. The summed E-state index contributed by atoms with van der Waals surface area (Å²) >= 11 is 0. The molecule has 0 aromatic heterocycles. The molecule has 1 N–H and O–H groups in total. The van der Waals surface area contributed by atoms with E-state index in [1.165, 1.54) is 38.4 Å². The summed E-state index contributed by atoms with van der Waals surface area (Å²) in [4.78, 5) is 17.2. The van der Waals surface area contributed by atoms with Crippen molar-refractivity contribution in [1.29, 1.82) is 0 Å². The van der Waals surface area contributed by atoms with Gasteiger partial charge in [0.1, 0.15) is 12.4 Å². The van der Waals surface area contributed by atoms with E-state index in [4.69, 9.17) is 9.57 Å². The van der Waals surface area contributed by atoms with Gasteiger partial charge in [0.15, 0.2) is 9.84 Å². The molecule has 0 heterocycles. The van der Waals surface area contributed by atoms with E-state index in [9.17, 15) is 21.6 Å². The molecule has 2 rings (SSSR count). The molecular weight excluding hydrogens is 420 g/mol. The van der Waals surface area contributed by atoms with Crippen LogP contribution < -0.4 is 10.1 Å². The molecule has 0 radical (unpaired) electrons. The molecule has 0 aliphatic carbocycles. The number of ether oxygens (including phenoxy) is 1. The number of hydroxylamine groups is 1. The number of anilines is 1. The smallest absolute Gasteiger partial charge is 0.264 e. The van der Waals surface area contributed by atoms with Crippen molar-refractivity contribution < 1.29 is 31.2 Å². The third-order valence-corrected chi connectivity index (χ3v) is 6.39. The van der Waals surface area contributed by atoms with Crippen LogP contribution in [-0.2, 0) is 24.7 Å². The lowest BCUT2D eigenvalue weighted by Gasteiger charge is -2.14. The van der Waals surface area contributed by atoms with Crippen LogP contribution >= 0.6 is 0 Å². The number of carbonyl (C=O) groups excluding carboxylic acids is 1. The Hall–Kier alpha value is -2.47. The second kappa shape index (κ2) is 9.35. The average molecular weight is 443 g/mol. The highest BCUT2D eigenvalue weighted by molar-refractivity contribution is 7.90. The number of hydrogen-bond acceptors (Lipinski definition) is 7. The third-order valence-electron chi connectivity index (χ3n) is 3.80. The lowest BCUT2D eigenvalue weighted by atomic mass is 10.2. The van der Waals surface area contributed by atoms with Gasteiger partial charge in [-0.3, -0.25) is 9.63 Å². The van der Waals surface area contributed by atoms with Crippen LogP contribution in [0.1, 0.15) is 10.4 Å². The first-order chi connectivity index (χ1) is 13.5. The Morgan fingerprint density at radius 2 is 1.76 bits per heavy atom. The summed E-state index contributed by atoms with van der Waals surface area (Å²) in [5.74, 6) is -0.249. The predicted octanol–water partition coefficient (Wildman–Crippen LogP) is 1.54. The van der Waals surface area contributed by atoms with Crippen molar-refractivity contribution in [3.8, 4) is 5.75 Å². The van der Waals surface area contributed by atoms with Gasteiger partial charge < -0.3 is 10.1 Å². The lowest BCUT2D eigenvalue weighted by Crippen LogP contribution is -2.26. The quantitative estimate of drug-likeness (QED) is 0.585. The van der Waals surface area contributed by atoms with Gasteiger partial charge in [-0.15, -0.1) is 0 Å². The minimum atomic E-state index is -3.89. The summed E-state index contributed by atoms with van der Waals surface area (Å²) < 4.78 is 53.0. The molecule has 0 atom stereocenters. The number of hydrogen-bond donors (Lipinski definition) is 1. The topological polar surface area (TPSA) is 119 Å². The van der Waals surface area contributed by atoms with E-state index >= 15 is 0 Å². The minimum Gasteiger partial charge on any atom is -0.492 e.